The minimum atomic E-state index is -2.82. The monoisotopic (exact) mass is 276 g/mol. The van der Waals surface area contributed by atoms with Crippen LogP contribution < -0.4 is 5.73 Å². The summed E-state index contributed by atoms with van der Waals surface area (Å²) in [4.78, 5) is 12.6. The lowest BCUT2D eigenvalue weighted by Crippen LogP contribution is -2.39. The van der Waals surface area contributed by atoms with E-state index < -0.39 is 30.8 Å². The molecule has 0 spiro atoms. The van der Waals surface area contributed by atoms with E-state index in [1.165, 1.54) is 4.90 Å². The van der Waals surface area contributed by atoms with Crippen molar-refractivity contribution in [2.75, 3.05) is 6.54 Å². The number of halogens is 3. The first-order valence-corrected chi connectivity index (χ1v) is 5.43. The van der Waals surface area contributed by atoms with Crippen molar-refractivity contribution >= 4 is 18.3 Å². The molecule has 0 bridgehead atoms. The van der Waals surface area contributed by atoms with Gasteiger partial charge in [0.05, 0.1) is 12.6 Å². The van der Waals surface area contributed by atoms with Gasteiger partial charge in [-0.3, -0.25) is 9.69 Å². The SMILES string of the molecule is Cl.NC(=O)C1CC(F)(F)CN1Cc1ccccc1. The van der Waals surface area contributed by atoms with Crippen LogP contribution in [0, 0.1) is 0 Å². The fourth-order valence-corrected chi connectivity index (χ4v) is 2.15. The first-order valence-electron chi connectivity index (χ1n) is 5.43. The highest BCUT2D eigenvalue weighted by atomic mass is 35.5. The van der Waals surface area contributed by atoms with Crippen molar-refractivity contribution in [3.63, 3.8) is 0 Å². The topological polar surface area (TPSA) is 46.3 Å². The zero-order valence-corrected chi connectivity index (χ0v) is 10.5. The molecule has 0 aliphatic carbocycles. The van der Waals surface area contributed by atoms with Crippen LogP contribution in [-0.2, 0) is 11.3 Å². The molecule has 1 unspecified atom stereocenters. The molecule has 1 aromatic carbocycles. The van der Waals surface area contributed by atoms with Gasteiger partial charge in [-0.2, -0.15) is 0 Å². The zero-order chi connectivity index (χ0) is 12.5. The van der Waals surface area contributed by atoms with E-state index in [2.05, 4.69) is 0 Å². The lowest BCUT2D eigenvalue weighted by molar-refractivity contribution is -0.122. The second-order valence-electron chi connectivity index (χ2n) is 4.37. The Morgan fingerprint density at radius 1 is 1.39 bits per heavy atom. The lowest BCUT2D eigenvalue weighted by atomic mass is 10.1. The smallest absolute Gasteiger partial charge is 0.262 e. The molecule has 1 heterocycles. The quantitative estimate of drug-likeness (QED) is 0.915. The van der Waals surface area contributed by atoms with E-state index in [0.717, 1.165) is 5.56 Å². The summed E-state index contributed by atoms with van der Waals surface area (Å²) in [6.07, 6.45) is -0.477. The van der Waals surface area contributed by atoms with E-state index in [1.54, 1.807) is 0 Å². The molecule has 1 aromatic rings. The Kier molecular flexibility index (Phi) is 4.65. The Morgan fingerprint density at radius 3 is 2.56 bits per heavy atom. The summed E-state index contributed by atoms with van der Waals surface area (Å²) in [6, 6.07) is 8.34. The Bertz CT molecular complexity index is 414. The highest BCUT2D eigenvalue weighted by molar-refractivity contribution is 5.85. The number of hydrogen-bond acceptors (Lipinski definition) is 2. The number of nitrogens with two attached hydrogens (primary N) is 1. The fraction of sp³-hybridized carbons (Fsp3) is 0.417. The van der Waals surface area contributed by atoms with Crippen LogP contribution in [0.4, 0.5) is 8.78 Å². The number of carbonyl (C=O) groups excluding carboxylic acids is 1. The molecule has 6 heteroatoms. The van der Waals surface area contributed by atoms with E-state index in [0.29, 0.717) is 6.54 Å². The molecule has 1 fully saturated rings. The molecule has 3 nitrogen and oxygen atoms in total. The van der Waals surface area contributed by atoms with E-state index in [1.807, 2.05) is 30.3 Å². The number of rotatable bonds is 3. The maximum absolute atomic E-state index is 13.3. The predicted octanol–water partition coefficient (Wildman–Crippen LogP) is 1.80. The molecule has 0 aromatic heterocycles. The number of likely N-dealkylation sites (tertiary alicyclic amines) is 1. The number of alkyl halides is 2. The number of primary amides is 1. The predicted molar refractivity (Wildman–Crippen MR) is 66.6 cm³/mol. The van der Waals surface area contributed by atoms with Crippen molar-refractivity contribution in [1.82, 2.24) is 4.90 Å². The fourth-order valence-electron chi connectivity index (χ4n) is 2.15. The van der Waals surface area contributed by atoms with Gasteiger partial charge in [0.1, 0.15) is 0 Å². The zero-order valence-electron chi connectivity index (χ0n) is 9.68. The van der Waals surface area contributed by atoms with Crippen molar-refractivity contribution in [1.29, 1.82) is 0 Å². The second-order valence-corrected chi connectivity index (χ2v) is 4.37. The summed E-state index contributed by atoms with van der Waals surface area (Å²) in [5.74, 6) is -3.51. The average molecular weight is 277 g/mol. The molecule has 18 heavy (non-hydrogen) atoms. The third-order valence-corrected chi connectivity index (χ3v) is 2.92. The van der Waals surface area contributed by atoms with Gasteiger partial charge in [0, 0.05) is 13.0 Å². The van der Waals surface area contributed by atoms with Crippen LogP contribution in [0.25, 0.3) is 0 Å². The first-order chi connectivity index (χ1) is 7.98. The van der Waals surface area contributed by atoms with Gasteiger partial charge >= 0.3 is 0 Å². The molecule has 1 aliphatic heterocycles. The number of nitrogens with zero attached hydrogens (tertiary/aromatic N) is 1. The van der Waals surface area contributed by atoms with Crippen LogP contribution in [0.1, 0.15) is 12.0 Å². The van der Waals surface area contributed by atoms with Crippen molar-refractivity contribution in [2.45, 2.75) is 24.9 Å². The molecule has 2 N–H and O–H groups in total. The first kappa shape index (κ1) is 14.9. The average Bonchev–Trinajstić information content (AvgIpc) is 2.55. The molecule has 100 valence electrons. The summed E-state index contributed by atoms with van der Waals surface area (Å²) in [6.45, 7) is -0.0838. The molecular formula is C12H15ClF2N2O. The lowest BCUT2D eigenvalue weighted by Gasteiger charge is -2.20. The Labute approximate surface area is 110 Å². The molecular weight excluding hydrogens is 262 g/mol. The standard InChI is InChI=1S/C12H14F2N2O.ClH/c13-12(14)6-10(11(15)17)16(8-12)7-9-4-2-1-3-5-9;/h1-5,10H,6-8H2,(H2,15,17);1H. The molecule has 0 saturated carbocycles. The molecule has 1 aliphatic rings. The summed E-state index contributed by atoms with van der Waals surface area (Å²) in [5, 5.41) is 0. The summed E-state index contributed by atoms with van der Waals surface area (Å²) in [5.41, 5.74) is 6.05. The molecule has 1 saturated heterocycles. The molecule has 1 amide bonds. The van der Waals surface area contributed by atoms with E-state index >= 15 is 0 Å². The van der Waals surface area contributed by atoms with Crippen molar-refractivity contribution < 1.29 is 13.6 Å². The van der Waals surface area contributed by atoms with Crippen molar-refractivity contribution in [3.05, 3.63) is 35.9 Å². The van der Waals surface area contributed by atoms with Crippen molar-refractivity contribution in [3.8, 4) is 0 Å². The van der Waals surface area contributed by atoms with Gasteiger partial charge in [0.2, 0.25) is 5.91 Å². The van der Waals surface area contributed by atoms with Gasteiger partial charge in [0.25, 0.3) is 5.92 Å². The van der Waals surface area contributed by atoms with Gasteiger partial charge in [0.15, 0.2) is 0 Å². The van der Waals surface area contributed by atoms with Crippen LogP contribution in [0.3, 0.4) is 0 Å². The second kappa shape index (κ2) is 5.63. The minimum absolute atomic E-state index is 0. The third-order valence-electron chi connectivity index (χ3n) is 2.92. The van der Waals surface area contributed by atoms with Gasteiger partial charge in [-0.1, -0.05) is 30.3 Å². The Morgan fingerprint density at radius 2 is 2.00 bits per heavy atom. The maximum Gasteiger partial charge on any atom is 0.262 e. The minimum Gasteiger partial charge on any atom is -0.368 e. The number of amides is 1. The van der Waals surface area contributed by atoms with E-state index in [9.17, 15) is 13.6 Å². The molecule has 0 radical (unpaired) electrons. The summed E-state index contributed by atoms with van der Waals surface area (Å²) < 4.78 is 26.5. The van der Waals surface area contributed by atoms with Gasteiger partial charge < -0.3 is 5.73 Å². The van der Waals surface area contributed by atoms with Gasteiger partial charge in [-0.25, -0.2) is 8.78 Å². The number of carbonyl (C=O) groups is 1. The van der Waals surface area contributed by atoms with E-state index in [4.69, 9.17) is 5.73 Å². The number of benzene rings is 1. The Hall–Kier alpha value is -1.20. The highest BCUT2D eigenvalue weighted by Crippen LogP contribution is 2.32. The maximum atomic E-state index is 13.3. The van der Waals surface area contributed by atoms with Crippen LogP contribution in [0.15, 0.2) is 30.3 Å². The third kappa shape index (κ3) is 3.40. The molecule has 2 rings (SSSR count). The highest BCUT2D eigenvalue weighted by Gasteiger charge is 2.47. The van der Waals surface area contributed by atoms with Crippen molar-refractivity contribution in [2.24, 2.45) is 5.73 Å². The van der Waals surface area contributed by atoms with Gasteiger partial charge in [-0.15, -0.1) is 12.4 Å². The number of hydrogen-bond donors (Lipinski definition) is 1. The summed E-state index contributed by atoms with van der Waals surface area (Å²) in [7, 11) is 0. The van der Waals surface area contributed by atoms with Crippen LogP contribution >= 0.6 is 12.4 Å². The van der Waals surface area contributed by atoms with Crippen LogP contribution in [0.2, 0.25) is 0 Å². The Balaban J connectivity index is 0.00000162. The largest absolute Gasteiger partial charge is 0.368 e. The molecule has 1 atom stereocenters. The van der Waals surface area contributed by atoms with Gasteiger partial charge in [-0.05, 0) is 5.56 Å². The summed E-state index contributed by atoms with van der Waals surface area (Å²) >= 11 is 0. The van der Waals surface area contributed by atoms with E-state index in [-0.39, 0.29) is 12.4 Å². The van der Waals surface area contributed by atoms with Crippen LogP contribution in [-0.4, -0.2) is 29.3 Å². The normalized spacial score (nSPS) is 22.4. The van der Waals surface area contributed by atoms with Crippen LogP contribution in [0.5, 0.6) is 0 Å².